The number of carbonyl (C=O) groups is 1. The number of benzene rings is 1. The number of ether oxygens (including phenoxy) is 2. The van der Waals surface area contributed by atoms with E-state index in [1.54, 1.807) is 25.6 Å². The molecule has 1 aromatic carbocycles. The highest BCUT2D eigenvalue weighted by molar-refractivity contribution is 7.10. The van der Waals surface area contributed by atoms with E-state index >= 15 is 0 Å². The molecule has 0 amide bonds. The Morgan fingerprint density at radius 2 is 2.08 bits per heavy atom. The lowest BCUT2D eigenvalue weighted by molar-refractivity contribution is -0.137. The van der Waals surface area contributed by atoms with Gasteiger partial charge in [-0.25, -0.2) is 0 Å². The zero-order valence-corrected chi connectivity index (χ0v) is 14.6. The Labute approximate surface area is 145 Å². The molecule has 0 aliphatic carbocycles. The Balaban J connectivity index is 2.03. The van der Waals surface area contributed by atoms with Crippen LogP contribution in [-0.2, 0) is 11.2 Å². The van der Waals surface area contributed by atoms with Crippen LogP contribution in [0.15, 0.2) is 29.6 Å². The molecule has 0 saturated carbocycles. The number of rotatable bonds is 6. The highest BCUT2D eigenvalue weighted by Crippen LogP contribution is 2.42. The van der Waals surface area contributed by atoms with Crippen LogP contribution >= 0.6 is 11.3 Å². The molecule has 0 bridgehead atoms. The molecule has 24 heavy (non-hydrogen) atoms. The second kappa shape index (κ2) is 7.23. The summed E-state index contributed by atoms with van der Waals surface area (Å²) in [5.74, 6) is 0.677. The molecule has 0 saturated heterocycles. The van der Waals surface area contributed by atoms with Crippen molar-refractivity contribution in [1.82, 2.24) is 4.90 Å². The molecule has 0 spiro atoms. The van der Waals surface area contributed by atoms with Gasteiger partial charge < -0.3 is 14.6 Å². The van der Waals surface area contributed by atoms with Crippen molar-refractivity contribution >= 4 is 17.3 Å². The van der Waals surface area contributed by atoms with Gasteiger partial charge in [0.2, 0.25) is 0 Å². The normalized spacial score (nSPS) is 17.3. The van der Waals surface area contributed by atoms with Crippen molar-refractivity contribution in [1.29, 1.82) is 0 Å². The summed E-state index contributed by atoms with van der Waals surface area (Å²) in [6.07, 6.45) is 1.02. The molecule has 1 aromatic heterocycles. The van der Waals surface area contributed by atoms with Crippen LogP contribution in [0.3, 0.4) is 0 Å². The SMILES string of the molecule is COc1cc2c(cc1OC)C(c1cccs1)N(CCC(=O)O)CC2. The van der Waals surface area contributed by atoms with Gasteiger partial charge >= 0.3 is 5.97 Å². The molecule has 1 atom stereocenters. The van der Waals surface area contributed by atoms with E-state index in [0.29, 0.717) is 12.3 Å². The molecule has 1 aliphatic heterocycles. The lowest BCUT2D eigenvalue weighted by Gasteiger charge is -2.37. The molecule has 3 rings (SSSR count). The fourth-order valence-corrected chi connectivity index (χ4v) is 4.13. The topological polar surface area (TPSA) is 59.0 Å². The van der Waals surface area contributed by atoms with Crippen LogP contribution in [0, 0.1) is 0 Å². The molecule has 2 aromatic rings. The number of nitrogens with zero attached hydrogens (tertiary/aromatic N) is 1. The van der Waals surface area contributed by atoms with Gasteiger partial charge in [-0.05, 0) is 41.1 Å². The first-order chi connectivity index (χ1) is 11.6. The quantitative estimate of drug-likeness (QED) is 0.870. The van der Waals surface area contributed by atoms with Crippen molar-refractivity contribution in [3.63, 3.8) is 0 Å². The van der Waals surface area contributed by atoms with E-state index in [1.165, 1.54) is 16.0 Å². The Bertz CT molecular complexity index is 714. The van der Waals surface area contributed by atoms with Crippen LogP contribution < -0.4 is 9.47 Å². The summed E-state index contributed by atoms with van der Waals surface area (Å²) in [5, 5.41) is 11.1. The standard InChI is InChI=1S/C18H21NO4S/c1-22-14-10-12-5-7-19(8-6-17(20)21)18(16-4-3-9-24-16)13(12)11-15(14)23-2/h3-4,9-11,18H,5-8H2,1-2H3,(H,20,21). The first kappa shape index (κ1) is 16.8. The highest BCUT2D eigenvalue weighted by atomic mass is 32.1. The number of carboxylic acids is 1. The van der Waals surface area contributed by atoms with Gasteiger partial charge in [0.1, 0.15) is 0 Å². The van der Waals surface area contributed by atoms with Crippen LogP contribution in [0.2, 0.25) is 0 Å². The van der Waals surface area contributed by atoms with Crippen molar-refractivity contribution in [3.8, 4) is 11.5 Å². The van der Waals surface area contributed by atoms with Crippen LogP contribution in [0.25, 0.3) is 0 Å². The van der Waals surface area contributed by atoms with E-state index in [0.717, 1.165) is 18.7 Å². The number of fused-ring (bicyclic) bond motifs is 1. The van der Waals surface area contributed by atoms with Crippen LogP contribution in [0.1, 0.15) is 28.5 Å². The van der Waals surface area contributed by atoms with Crippen molar-refractivity contribution in [2.75, 3.05) is 27.3 Å². The molecule has 6 heteroatoms. The number of methoxy groups -OCH3 is 2. The Morgan fingerprint density at radius 3 is 2.71 bits per heavy atom. The third-order valence-corrected chi connectivity index (χ3v) is 5.32. The van der Waals surface area contributed by atoms with Crippen LogP contribution in [-0.4, -0.2) is 43.3 Å². The summed E-state index contributed by atoms with van der Waals surface area (Å²) in [6, 6.07) is 8.28. The monoisotopic (exact) mass is 347 g/mol. The maximum Gasteiger partial charge on any atom is 0.304 e. The Kier molecular flexibility index (Phi) is 5.06. The van der Waals surface area contributed by atoms with Gasteiger partial charge in [0.15, 0.2) is 11.5 Å². The predicted octanol–water partition coefficient (Wildman–Crippen LogP) is 3.19. The van der Waals surface area contributed by atoms with Crippen molar-refractivity contribution in [3.05, 3.63) is 45.6 Å². The number of hydrogen-bond donors (Lipinski definition) is 1. The van der Waals surface area contributed by atoms with E-state index in [2.05, 4.69) is 16.3 Å². The fourth-order valence-electron chi connectivity index (χ4n) is 3.26. The van der Waals surface area contributed by atoms with Gasteiger partial charge in [-0.15, -0.1) is 11.3 Å². The zero-order chi connectivity index (χ0) is 17.1. The molecular formula is C18H21NO4S. The summed E-state index contributed by atoms with van der Waals surface area (Å²) in [6.45, 7) is 1.37. The van der Waals surface area contributed by atoms with Crippen LogP contribution in [0.5, 0.6) is 11.5 Å². The Hall–Kier alpha value is -2.05. The number of hydrogen-bond acceptors (Lipinski definition) is 5. The molecule has 0 radical (unpaired) electrons. The maximum atomic E-state index is 11.0. The minimum absolute atomic E-state index is 0.0629. The average Bonchev–Trinajstić information content (AvgIpc) is 3.12. The molecular weight excluding hydrogens is 326 g/mol. The maximum absolute atomic E-state index is 11.0. The van der Waals surface area contributed by atoms with Gasteiger partial charge in [0.05, 0.1) is 26.7 Å². The third kappa shape index (κ3) is 3.25. The molecule has 1 N–H and O–H groups in total. The first-order valence-corrected chi connectivity index (χ1v) is 8.76. The summed E-state index contributed by atoms with van der Waals surface area (Å²) in [5.41, 5.74) is 2.41. The van der Waals surface area contributed by atoms with Crippen molar-refractivity contribution < 1.29 is 19.4 Å². The summed E-state index contributed by atoms with van der Waals surface area (Å²) in [7, 11) is 3.28. The number of aliphatic carboxylic acids is 1. The fraction of sp³-hybridized carbons (Fsp3) is 0.389. The number of carboxylic acid groups (broad SMARTS) is 1. The van der Waals surface area contributed by atoms with Crippen molar-refractivity contribution in [2.45, 2.75) is 18.9 Å². The highest BCUT2D eigenvalue weighted by Gasteiger charge is 2.31. The van der Waals surface area contributed by atoms with Crippen molar-refractivity contribution in [2.24, 2.45) is 0 Å². The van der Waals surface area contributed by atoms with Gasteiger partial charge in [-0.1, -0.05) is 6.07 Å². The van der Waals surface area contributed by atoms with E-state index in [1.807, 2.05) is 18.2 Å². The molecule has 1 aliphatic rings. The minimum Gasteiger partial charge on any atom is -0.493 e. The van der Waals surface area contributed by atoms with E-state index in [-0.39, 0.29) is 12.5 Å². The zero-order valence-electron chi connectivity index (χ0n) is 13.8. The number of thiophene rings is 1. The third-order valence-electron chi connectivity index (χ3n) is 4.40. The lowest BCUT2D eigenvalue weighted by atomic mass is 9.90. The average molecular weight is 347 g/mol. The van der Waals surface area contributed by atoms with Gasteiger partial charge in [-0.3, -0.25) is 9.69 Å². The minimum atomic E-state index is -0.766. The summed E-state index contributed by atoms with van der Waals surface area (Å²) in [4.78, 5) is 14.5. The summed E-state index contributed by atoms with van der Waals surface area (Å²) >= 11 is 1.69. The smallest absolute Gasteiger partial charge is 0.304 e. The first-order valence-electron chi connectivity index (χ1n) is 7.88. The summed E-state index contributed by atoms with van der Waals surface area (Å²) < 4.78 is 10.9. The van der Waals surface area contributed by atoms with Crippen LogP contribution in [0.4, 0.5) is 0 Å². The lowest BCUT2D eigenvalue weighted by Crippen LogP contribution is -2.37. The van der Waals surface area contributed by atoms with Gasteiger partial charge in [0.25, 0.3) is 0 Å². The Morgan fingerprint density at radius 1 is 1.33 bits per heavy atom. The molecule has 128 valence electrons. The van der Waals surface area contributed by atoms with E-state index < -0.39 is 5.97 Å². The van der Waals surface area contributed by atoms with Gasteiger partial charge in [0, 0.05) is 18.0 Å². The molecule has 1 unspecified atom stereocenters. The predicted molar refractivity (Wildman–Crippen MR) is 93.2 cm³/mol. The molecule has 2 heterocycles. The van der Waals surface area contributed by atoms with E-state index in [9.17, 15) is 4.79 Å². The van der Waals surface area contributed by atoms with E-state index in [4.69, 9.17) is 14.6 Å². The molecule has 5 nitrogen and oxygen atoms in total. The second-order valence-corrected chi connectivity index (χ2v) is 6.73. The largest absolute Gasteiger partial charge is 0.493 e. The second-order valence-electron chi connectivity index (χ2n) is 5.75. The van der Waals surface area contributed by atoms with Gasteiger partial charge in [-0.2, -0.15) is 0 Å². The molecule has 0 fully saturated rings.